The average molecular weight is 306 g/mol. The van der Waals surface area contributed by atoms with Gasteiger partial charge in [-0.3, -0.25) is 0 Å². The van der Waals surface area contributed by atoms with Crippen LogP contribution < -0.4 is 16.0 Å². The number of benzene rings is 1. The van der Waals surface area contributed by atoms with E-state index < -0.39 is 0 Å². The van der Waals surface area contributed by atoms with Crippen molar-refractivity contribution in [1.29, 1.82) is 0 Å². The molecule has 0 spiro atoms. The molecule has 0 aliphatic carbocycles. The smallest absolute Gasteiger partial charge is 0.221 e. The maximum Gasteiger partial charge on any atom is 0.221 e. The Morgan fingerprint density at radius 1 is 1.04 bits per heavy atom. The number of para-hydroxylation sites is 1. The van der Waals surface area contributed by atoms with Gasteiger partial charge in [-0.2, -0.15) is 0 Å². The van der Waals surface area contributed by atoms with Crippen LogP contribution in [0.4, 0.5) is 11.8 Å². The molecule has 1 aliphatic heterocycles. The van der Waals surface area contributed by atoms with Crippen molar-refractivity contribution >= 4 is 22.7 Å². The first-order chi connectivity index (χ1) is 11.3. The maximum absolute atomic E-state index is 5.89. The molecule has 1 aliphatic rings. The fourth-order valence-corrected chi connectivity index (χ4v) is 2.95. The molecule has 0 bridgehead atoms. The van der Waals surface area contributed by atoms with E-state index in [2.05, 4.69) is 31.2 Å². The summed E-state index contributed by atoms with van der Waals surface area (Å²) in [7, 11) is 0. The zero-order valence-corrected chi connectivity index (χ0v) is 12.7. The molecular formula is C17H18N6. The van der Waals surface area contributed by atoms with Crippen molar-refractivity contribution in [1.82, 2.24) is 20.3 Å². The third-order valence-electron chi connectivity index (χ3n) is 4.08. The Bertz CT molecular complexity index is 841. The highest BCUT2D eigenvalue weighted by molar-refractivity contribution is 5.93. The van der Waals surface area contributed by atoms with Crippen LogP contribution in [0, 0.1) is 0 Å². The highest BCUT2D eigenvalue weighted by Gasteiger charge is 2.14. The summed E-state index contributed by atoms with van der Waals surface area (Å²) in [6.45, 7) is 3.89. The van der Waals surface area contributed by atoms with Crippen LogP contribution in [0.1, 0.15) is 0 Å². The Labute approximate surface area is 134 Å². The molecule has 3 heterocycles. The molecule has 3 N–H and O–H groups in total. The second-order valence-electron chi connectivity index (χ2n) is 5.59. The molecule has 0 unspecified atom stereocenters. The lowest BCUT2D eigenvalue weighted by atomic mass is 10.1. The van der Waals surface area contributed by atoms with E-state index in [-0.39, 0.29) is 0 Å². The number of aromatic nitrogens is 3. The van der Waals surface area contributed by atoms with Crippen molar-refractivity contribution in [3.8, 4) is 11.3 Å². The molecule has 6 heteroatoms. The second-order valence-corrected chi connectivity index (χ2v) is 5.59. The lowest BCUT2D eigenvalue weighted by Gasteiger charge is -2.28. The third kappa shape index (κ3) is 2.68. The Kier molecular flexibility index (Phi) is 3.51. The number of nitrogens with two attached hydrogens (primary N) is 1. The fourth-order valence-electron chi connectivity index (χ4n) is 2.95. The Balaban J connectivity index is 1.81. The van der Waals surface area contributed by atoms with Crippen molar-refractivity contribution < 1.29 is 0 Å². The van der Waals surface area contributed by atoms with Crippen molar-refractivity contribution in [3.05, 3.63) is 42.6 Å². The van der Waals surface area contributed by atoms with Gasteiger partial charge in [0.15, 0.2) is 0 Å². The van der Waals surface area contributed by atoms with E-state index in [1.165, 1.54) is 0 Å². The molecule has 116 valence electrons. The van der Waals surface area contributed by atoms with Crippen LogP contribution in [0.5, 0.6) is 0 Å². The zero-order valence-electron chi connectivity index (χ0n) is 12.7. The summed E-state index contributed by atoms with van der Waals surface area (Å²) >= 11 is 0. The van der Waals surface area contributed by atoms with Crippen LogP contribution in [-0.2, 0) is 0 Å². The van der Waals surface area contributed by atoms with Gasteiger partial charge in [-0.1, -0.05) is 18.2 Å². The molecule has 3 aromatic rings. The monoisotopic (exact) mass is 306 g/mol. The summed E-state index contributed by atoms with van der Waals surface area (Å²) in [6.07, 6.45) is 1.83. The highest BCUT2D eigenvalue weighted by Crippen LogP contribution is 2.28. The number of nitrogens with one attached hydrogen (secondary N) is 1. The summed E-state index contributed by atoms with van der Waals surface area (Å²) < 4.78 is 0. The first-order valence-corrected chi connectivity index (χ1v) is 7.75. The largest absolute Gasteiger partial charge is 0.368 e. The van der Waals surface area contributed by atoms with Crippen LogP contribution in [-0.4, -0.2) is 41.1 Å². The van der Waals surface area contributed by atoms with Gasteiger partial charge in [-0.15, -0.1) is 0 Å². The van der Waals surface area contributed by atoms with Gasteiger partial charge in [0.05, 0.1) is 11.2 Å². The minimum absolute atomic E-state index is 0.291. The number of piperazine rings is 1. The molecule has 23 heavy (non-hydrogen) atoms. The van der Waals surface area contributed by atoms with Crippen molar-refractivity contribution in [2.45, 2.75) is 0 Å². The van der Waals surface area contributed by atoms with Gasteiger partial charge in [0, 0.05) is 43.3 Å². The molecule has 0 radical (unpaired) electrons. The van der Waals surface area contributed by atoms with Gasteiger partial charge >= 0.3 is 0 Å². The van der Waals surface area contributed by atoms with Gasteiger partial charge in [-0.25, -0.2) is 15.0 Å². The van der Waals surface area contributed by atoms with Crippen molar-refractivity contribution in [2.75, 3.05) is 36.8 Å². The normalized spacial score (nSPS) is 15.0. The highest BCUT2D eigenvalue weighted by atomic mass is 15.2. The predicted molar refractivity (Wildman–Crippen MR) is 92.3 cm³/mol. The summed E-state index contributed by atoms with van der Waals surface area (Å²) in [5, 5.41) is 4.36. The molecular weight excluding hydrogens is 288 g/mol. The number of nitrogens with zero attached hydrogens (tertiary/aromatic N) is 4. The number of pyridine rings is 1. The third-order valence-corrected chi connectivity index (χ3v) is 4.08. The van der Waals surface area contributed by atoms with Crippen LogP contribution in [0.3, 0.4) is 0 Å². The van der Waals surface area contributed by atoms with Crippen LogP contribution in [0.25, 0.3) is 22.2 Å². The van der Waals surface area contributed by atoms with E-state index in [1.54, 1.807) is 0 Å². The number of hydrogen-bond donors (Lipinski definition) is 2. The number of fused-ring (bicyclic) bond motifs is 1. The average Bonchev–Trinajstić information content (AvgIpc) is 2.62. The first-order valence-electron chi connectivity index (χ1n) is 7.75. The molecule has 4 rings (SSSR count). The predicted octanol–water partition coefficient (Wildman–Crippen LogP) is 1.68. The Morgan fingerprint density at radius 2 is 1.87 bits per heavy atom. The lowest BCUT2D eigenvalue weighted by molar-refractivity contribution is 0.585. The van der Waals surface area contributed by atoms with Gasteiger partial charge in [0.2, 0.25) is 5.95 Å². The van der Waals surface area contributed by atoms with E-state index in [0.717, 1.165) is 54.2 Å². The van der Waals surface area contributed by atoms with Crippen LogP contribution in [0.2, 0.25) is 0 Å². The summed E-state index contributed by atoms with van der Waals surface area (Å²) in [4.78, 5) is 15.6. The summed E-state index contributed by atoms with van der Waals surface area (Å²) in [5.41, 5.74) is 8.61. The number of hydrogen-bond acceptors (Lipinski definition) is 6. The zero-order chi connectivity index (χ0) is 15.6. The molecule has 0 saturated carbocycles. The van der Waals surface area contributed by atoms with E-state index in [4.69, 9.17) is 5.73 Å². The molecule has 1 saturated heterocycles. The topological polar surface area (TPSA) is 80.0 Å². The minimum Gasteiger partial charge on any atom is -0.368 e. The van der Waals surface area contributed by atoms with E-state index >= 15 is 0 Å². The number of rotatable bonds is 2. The van der Waals surface area contributed by atoms with Crippen molar-refractivity contribution in [2.24, 2.45) is 0 Å². The van der Waals surface area contributed by atoms with Crippen LogP contribution in [0.15, 0.2) is 42.6 Å². The molecule has 1 fully saturated rings. The maximum atomic E-state index is 5.89. The van der Waals surface area contributed by atoms with Crippen LogP contribution >= 0.6 is 0 Å². The van der Waals surface area contributed by atoms with E-state index in [0.29, 0.717) is 5.95 Å². The lowest BCUT2D eigenvalue weighted by Crippen LogP contribution is -2.43. The summed E-state index contributed by atoms with van der Waals surface area (Å²) in [5.74, 6) is 1.27. The SMILES string of the molecule is Nc1nc(-c2ccnc(N3CCNCC3)c2)c2ccccc2n1. The van der Waals surface area contributed by atoms with Crippen molar-refractivity contribution in [3.63, 3.8) is 0 Å². The molecule has 6 nitrogen and oxygen atoms in total. The second kappa shape index (κ2) is 5.81. The Morgan fingerprint density at radius 3 is 2.74 bits per heavy atom. The minimum atomic E-state index is 0.291. The molecule has 0 amide bonds. The standard InChI is InChI=1S/C17H18N6/c18-17-21-14-4-2-1-3-13(14)16(22-17)12-5-6-20-15(11-12)23-9-7-19-8-10-23/h1-6,11,19H,7-10H2,(H2,18,21,22). The van der Waals surface area contributed by atoms with E-state index in [9.17, 15) is 0 Å². The molecule has 0 atom stereocenters. The number of nitrogen functional groups attached to an aromatic ring is 1. The molecule has 1 aromatic carbocycles. The molecule has 2 aromatic heterocycles. The quantitative estimate of drug-likeness (QED) is 0.750. The van der Waals surface area contributed by atoms with E-state index in [1.807, 2.05) is 36.5 Å². The number of anilines is 2. The van der Waals surface area contributed by atoms with Gasteiger partial charge < -0.3 is 16.0 Å². The van der Waals surface area contributed by atoms with Gasteiger partial charge in [0.25, 0.3) is 0 Å². The summed E-state index contributed by atoms with van der Waals surface area (Å²) in [6, 6.07) is 12.0. The van der Waals surface area contributed by atoms with Gasteiger partial charge in [0.1, 0.15) is 5.82 Å². The fraction of sp³-hybridized carbons (Fsp3) is 0.235. The first kappa shape index (κ1) is 13.9. The Hall–Kier alpha value is -2.73. The van der Waals surface area contributed by atoms with Gasteiger partial charge in [-0.05, 0) is 18.2 Å².